The van der Waals surface area contributed by atoms with Crippen LogP contribution in [-0.2, 0) is 13.6 Å². The predicted molar refractivity (Wildman–Crippen MR) is 104 cm³/mol. The average Bonchev–Trinajstić information content (AvgIpc) is 3.17. The lowest BCUT2D eigenvalue weighted by Gasteiger charge is -2.07. The maximum absolute atomic E-state index is 14.6. The number of halogens is 2. The third-order valence-corrected chi connectivity index (χ3v) is 5.07. The zero-order valence-electron chi connectivity index (χ0n) is 15.5. The third kappa shape index (κ3) is 2.65. The molecule has 8 nitrogen and oxygen atoms in total. The van der Waals surface area contributed by atoms with Crippen LogP contribution in [0.3, 0.4) is 0 Å². The Morgan fingerprint density at radius 2 is 2.00 bits per heavy atom. The molecule has 0 fully saturated rings. The maximum atomic E-state index is 14.6. The number of aryl methyl sites for hydroxylation is 2. The summed E-state index contributed by atoms with van der Waals surface area (Å²) in [6, 6.07) is 4.31. The van der Waals surface area contributed by atoms with Gasteiger partial charge in [-0.15, -0.1) is 10.2 Å². The first kappa shape index (κ1) is 18.4. The molecule has 0 saturated carbocycles. The van der Waals surface area contributed by atoms with Crippen LogP contribution in [0, 0.1) is 11.7 Å². The van der Waals surface area contributed by atoms with Gasteiger partial charge in [0.1, 0.15) is 5.82 Å². The van der Waals surface area contributed by atoms with Crippen molar-refractivity contribution in [1.82, 2.24) is 28.7 Å². The molecule has 3 aromatic heterocycles. The predicted octanol–water partition coefficient (Wildman–Crippen LogP) is 2.58. The van der Waals surface area contributed by atoms with Gasteiger partial charge in [-0.3, -0.25) is 14.3 Å². The Kier molecular flexibility index (Phi) is 4.34. The van der Waals surface area contributed by atoms with Crippen molar-refractivity contribution in [3.05, 3.63) is 49.9 Å². The van der Waals surface area contributed by atoms with Crippen molar-refractivity contribution >= 4 is 28.5 Å². The average molecular weight is 405 g/mol. The molecule has 0 unspecified atom stereocenters. The topological polar surface area (TPSA) is 90.0 Å². The SMILES string of the molecule is CC(C)CCn1c2c(=O)[nH]c(=O)n(C)c2n2c(-c3c(F)cccc3Cl)nnc12. The van der Waals surface area contributed by atoms with Gasteiger partial charge in [0, 0.05) is 13.6 Å². The summed E-state index contributed by atoms with van der Waals surface area (Å²) < 4.78 is 19.1. The third-order valence-electron chi connectivity index (χ3n) is 4.76. The van der Waals surface area contributed by atoms with Crippen molar-refractivity contribution in [3.63, 3.8) is 0 Å². The highest BCUT2D eigenvalue weighted by molar-refractivity contribution is 6.33. The first-order valence-electron chi connectivity index (χ1n) is 8.82. The smallest absolute Gasteiger partial charge is 0.302 e. The molecule has 0 bridgehead atoms. The lowest BCUT2D eigenvalue weighted by molar-refractivity contribution is 0.527. The van der Waals surface area contributed by atoms with E-state index in [2.05, 4.69) is 29.0 Å². The number of H-pyrrole nitrogens is 1. The van der Waals surface area contributed by atoms with E-state index in [1.807, 2.05) is 0 Å². The van der Waals surface area contributed by atoms with E-state index in [9.17, 15) is 14.0 Å². The first-order valence-corrected chi connectivity index (χ1v) is 9.20. The number of hydrogen-bond acceptors (Lipinski definition) is 4. The van der Waals surface area contributed by atoms with Gasteiger partial charge in [-0.1, -0.05) is 31.5 Å². The molecule has 0 atom stereocenters. The standard InChI is InChI=1S/C18H18ClFN6O2/c1-9(2)7-8-25-13-15(27)21-18(28)24(3)16(13)26-14(22-23-17(25)26)12-10(19)5-4-6-11(12)20/h4-6,9H,7-8H2,1-3H3,(H,21,27,28). The Morgan fingerprint density at radius 3 is 2.68 bits per heavy atom. The summed E-state index contributed by atoms with van der Waals surface area (Å²) in [7, 11) is 1.53. The fraction of sp³-hybridized carbons (Fsp3) is 0.333. The van der Waals surface area contributed by atoms with E-state index in [-0.39, 0.29) is 27.6 Å². The summed E-state index contributed by atoms with van der Waals surface area (Å²) in [6.45, 7) is 4.63. The van der Waals surface area contributed by atoms with Crippen molar-refractivity contribution in [2.75, 3.05) is 0 Å². The first-order chi connectivity index (χ1) is 13.3. The molecule has 28 heavy (non-hydrogen) atoms. The summed E-state index contributed by atoms with van der Waals surface area (Å²) in [5.41, 5.74) is -0.488. The largest absolute Gasteiger partial charge is 0.329 e. The Hall–Kier alpha value is -2.94. The van der Waals surface area contributed by atoms with Gasteiger partial charge in [-0.25, -0.2) is 13.6 Å². The van der Waals surface area contributed by atoms with Crippen LogP contribution >= 0.6 is 11.6 Å². The normalized spacial score (nSPS) is 11.9. The van der Waals surface area contributed by atoms with Gasteiger partial charge in [-0.2, -0.15) is 0 Å². The van der Waals surface area contributed by atoms with Crippen molar-refractivity contribution < 1.29 is 4.39 Å². The van der Waals surface area contributed by atoms with E-state index < -0.39 is 17.1 Å². The monoisotopic (exact) mass is 404 g/mol. The molecule has 0 spiro atoms. The molecule has 0 amide bonds. The van der Waals surface area contributed by atoms with Crippen molar-refractivity contribution in [2.24, 2.45) is 13.0 Å². The number of nitrogens with one attached hydrogen (secondary N) is 1. The molecule has 0 saturated heterocycles. The molecule has 4 aromatic rings. The van der Waals surface area contributed by atoms with Crippen LogP contribution in [0.1, 0.15) is 20.3 Å². The lowest BCUT2D eigenvalue weighted by atomic mass is 10.1. The van der Waals surface area contributed by atoms with E-state index in [4.69, 9.17) is 11.6 Å². The molecular weight excluding hydrogens is 387 g/mol. The number of aromatic nitrogens is 6. The maximum Gasteiger partial charge on any atom is 0.329 e. The van der Waals surface area contributed by atoms with Gasteiger partial charge >= 0.3 is 5.69 Å². The van der Waals surface area contributed by atoms with E-state index in [0.29, 0.717) is 18.2 Å². The molecule has 146 valence electrons. The molecule has 1 N–H and O–H groups in total. The Bertz CT molecular complexity index is 1310. The summed E-state index contributed by atoms with van der Waals surface area (Å²) in [4.78, 5) is 27.1. The fourth-order valence-electron chi connectivity index (χ4n) is 3.31. The Balaban J connectivity index is 2.17. The number of rotatable bonds is 4. The quantitative estimate of drug-likeness (QED) is 0.566. The lowest BCUT2D eigenvalue weighted by Crippen LogP contribution is -2.29. The molecule has 0 aliphatic carbocycles. The molecule has 10 heteroatoms. The summed E-state index contributed by atoms with van der Waals surface area (Å²) >= 11 is 6.22. The van der Waals surface area contributed by atoms with Gasteiger partial charge in [0.2, 0.25) is 5.78 Å². The summed E-state index contributed by atoms with van der Waals surface area (Å²) in [5.74, 6) is 0.288. The van der Waals surface area contributed by atoms with E-state index in [0.717, 1.165) is 6.42 Å². The molecule has 3 heterocycles. The van der Waals surface area contributed by atoms with Crippen molar-refractivity contribution in [3.8, 4) is 11.4 Å². The van der Waals surface area contributed by atoms with Crippen LogP contribution < -0.4 is 11.2 Å². The van der Waals surface area contributed by atoms with Crippen LogP contribution in [0.25, 0.3) is 28.3 Å². The van der Waals surface area contributed by atoms with Crippen LogP contribution in [0.5, 0.6) is 0 Å². The molecular formula is C18H18ClFN6O2. The van der Waals surface area contributed by atoms with Crippen LogP contribution in [0.2, 0.25) is 5.02 Å². The van der Waals surface area contributed by atoms with Crippen LogP contribution in [-0.4, -0.2) is 28.7 Å². The summed E-state index contributed by atoms with van der Waals surface area (Å²) in [5, 5.41) is 8.47. The van der Waals surface area contributed by atoms with Crippen LogP contribution in [0.4, 0.5) is 4.39 Å². The highest BCUT2D eigenvalue weighted by Crippen LogP contribution is 2.31. The van der Waals surface area contributed by atoms with Crippen LogP contribution in [0.15, 0.2) is 27.8 Å². The second kappa shape index (κ2) is 6.59. The van der Waals surface area contributed by atoms with E-state index in [1.165, 1.54) is 28.1 Å². The molecule has 4 rings (SSSR count). The Morgan fingerprint density at radius 1 is 1.25 bits per heavy atom. The number of aromatic amines is 1. The van der Waals surface area contributed by atoms with Gasteiger partial charge < -0.3 is 4.57 Å². The van der Waals surface area contributed by atoms with Crippen molar-refractivity contribution in [2.45, 2.75) is 26.8 Å². The van der Waals surface area contributed by atoms with E-state index in [1.54, 1.807) is 10.6 Å². The van der Waals surface area contributed by atoms with Gasteiger partial charge in [0.15, 0.2) is 17.0 Å². The number of fused-ring (bicyclic) bond motifs is 3. The zero-order chi connectivity index (χ0) is 20.2. The molecule has 0 aliphatic heterocycles. The number of hydrogen-bond donors (Lipinski definition) is 1. The van der Waals surface area contributed by atoms with Crippen molar-refractivity contribution in [1.29, 1.82) is 0 Å². The minimum Gasteiger partial charge on any atom is -0.302 e. The van der Waals surface area contributed by atoms with Gasteiger partial charge in [-0.05, 0) is 24.5 Å². The van der Waals surface area contributed by atoms with E-state index >= 15 is 0 Å². The van der Waals surface area contributed by atoms with Gasteiger partial charge in [0.25, 0.3) is 5.56 Å². The zero-order valence-corrected chi connectivity index (χ0v) is 16.3. The fourth-order valence-corrected chi connectivity index (χ4v) is 3.56. The Labute approximate surface area is 163 Å². The number of imidazole rings is 1. The second-order valence-electron chi connectivity index (χ2n) is 7.08. The number of benzene rings is 1. The second-order valence-corrected chi connectivity index (χ2v) is 7.49. The highest BCUT2D eigenvalue weighted by atomic mass is 35.5. The molecule has 0 radical (unpaired) electrons. The minimum atomic E-state index is -0.584. The number of nitrogens with zero attached hydrogens (tertiary/aromatic N) is 5. The summed E-state index contributed by atoms with van der Waals surface area (Å²) in [6.07, 6.45) is 0.782. The molecule has 0 aliphatic rings. The van der Waals surface area contributed by atoms with Gasteiger partial charge in [0.05, 0.1) is 10.6 Å². The highest BCUT2D eigenvalue weighted by Gasteiger charge is 2.25. The molecule has 1 aromatic carbocycles. The minimum absolute atomic E-state index is 0.0623.